The van der Waals surface area contributed by atoms with E-state index in [0.717, 1.165) is 5.56 Å². The van der Waals surface area contributed by atoms with Crippen molar-refractivity contribution in [2.75, 3.05) is 0 Å². The fourth-order valence-corrected chi connectivity index (χ4v) is 2.94. The Morgan fingerprint density at radius 2 is 2.10 bits per heavy atom. The largest absolute Gasteiger partial charge is 0.420 e. The second-order valence-electron chi connectivity index (χ2n) is 4.51. The van der Waals surface area contributed by atoms with Crippen LogP contribution in [-0.2, 0) is 19.1 Å². The van der Waals surface area contributed by atoms with Crippen LogP contribution in [0.3, 0.4) is 0 Å². The van der Waals surface area contributed by atoms with Crippen molar-refractivity contribution in [1.82, 2.24) is 0 Å². The number of benzene rings is 1. The van der Waals surface area contributed by atoms with E-state index in [4.69, 9.17) is 5.73 Å². The summed E-state index contributed by atoms with van der Waals surface area (Å²) in [7, 11) is -4.23. The molecule has 2 rings (SSSR count). The van der Waals surface area contributed by atoms with Crippen LogP contribution in [0.2, 0.25) is 0 Å². The molecule has 0 saturated carbocycles. The average molecular weight is 295 g/mol. The van der Waals surface area contributed by atoms with E-state index in [1.807, 2.05) is 6.92 Å². The summed E-state index contributed by atoms with van der Waals surface area (Å²) in [5.41, 5.74) is 6.29. The van der Waals surface area contributed by atoms with E-state index in [1.165, 1.54) is 18.2 Å². The molecule has 0 saturated heterocycles. The molecule has 106 valence electrons. The molecule has 0 spiro atoms. The minimum Gasteiger partial charge on any atom is -0.334 e. The van der Waals surface area contributed by atoms with Gasteiger partial charge in [-0.05, 0) is 36.3 Å². The molecular weight excluding hydrogens is 282 g/mol. The Morgan fingerprint density at radius 1 is 1.40 bits per heavy atom. The third-order valence-electron chi connectivity index (χ3n) is 3.07. The first-order chi connectivity index (χ1) is 9.29. The molecule has 0 heterocycles. The van der Waals surface area contributed by atoms with E-state index >= 15 is 0 Å². The SMILES string of the molecule is Cc1ccc(S(=O)(=O)OC(N)=O)cc1C1C=CC(=O)C1. The third kappa shape index (κ3) is 2.88. The summed E-state index contributed by atoms with van der Waals surface area (Å²) in [6.07, 6.45) is 2.13. The first-order valence-corrected chi connectivity index (χ1v) is 7.26. The van der Waals surface area contributed by atoms with Crippen molar-refractivity contribution in [3.8, 4) is 0 Å². The number of amides is 1. The first kappa shape index (κ1) is 14.3. The minimum atomic E-state index is -4.23. The van der Waals surface area contributed by atoms with Crippen molar-refractivity contribution in [2.24, 2.45) is 5.73 Å². The van der Waals surface area contributed by atoms with Crippen molar-refractivity contribution in [3.05, 3.63) is 41.5 Å². The lowest BCUT2D eigenvalue weighted by atomic mass is 9.94. The maximum Gasteiger partial charge on any atom is 0.420 e. The van der Waals surface area contributed by atoms with E-state index in [2.05, 4.69) is 4.18 Å². The van der Waals surface area contributed by atoms with Crippen LogP contribution in [0, 0.1) is 6.92 Å². The topological polar surface area (TPSA) is 104 Å². The Labute approximate surface area is 116 Å². The van der Waals surface area contributed by atoms with Crippen LogP contribution in [0.4, 0.5) is 4.79 Å². The Bertz CT molecular complexity index is 705. The van der Waals surface area contributed by atoms with Gasteiger partial charge < -0.3 is 9.92 Å². The van der Waals surface area contributed by atoms with Gasteiger partial charge >= 0.3 is 16.2 Å². The van der Waals surface area contributed by atoms with Gasteiger partial charge in [-0.1, -0.05) is 12.1 Å². The molecule has 1 aromatic rings. The van der Waals surface area contributed by atoms with Gasteiger partial charge in [0.25, 0.3) is 0 Å². The average Bonchev–Trinajstić information content (AvgIpc) is 2.74. The molecule has 1 aliphatic rings. The van der Waals surface area contributed by atoms with Gasteiger partial charge in [-0.15, -0.1) is 0 Å². The summed E-state index contributed by atoms with van der Waals surface area (Å²) in [5.74, 6) is -0.165. The molecule has 1 amide bonds. The Hall–Kier alpha value is -2.15. The van der Waals surface area contributed by atoms with Crippen LogP contribution >= 0.6 is 0 Å². The summed E-state index contributed by atoms with van der Waals surface area (Å²) in [4.78, 5) is 21.7. The maximum atomic E-state index is 11.8. The number of primary amides is 1. The molecule has 20 heavy (non-hydrogen) atoms. The van der Waals surface area contributed by atoms with Crippen molar-refractivity contribution < 1.29 is 22.2 Å². The summed E-state index contributed by atoms with van der Waals surface area (Å²) >= 11 is 0. The highest BCUT2D eigenvalue weighted by molar-refractivity contribution is 7.87. The van der Waals surface area contributed by atoms with Gasteiger partial charge in [0.1, 0.15) is 4.90 Å². The maximum absolute atomic E-state index is 11.8. The smallest absolute Gasteiger partial charge is 0.334 e. The predicted octanol–water partition coefficient (Wildman–Crippen LogP) is 1.39. The van der Waals surface area contributed by atoms with E-state index in [1.54, 1.807) is 12.1 Å². The minimum absolute atomic E-state index is 0.00366. The van der Waals surface area contributed by atoms with Crippen LogP contribution in [0.25, 0.3) is 0 Å². The molecule has 0 fully saturated rings. The number of carbonyl (C=O) groups is 2. The van der Waals surface area contributed by atoms with Crippen LogP contribution < -0.4 is 5.73 Å². The van der Waals surface area contributed by atoms with Crippen LogP contribution in [0.1, 0.15) is 23.5 Å². The number of aryl methyl sites for hydroxylation is 1. The molecular formula is C13H13NO5S. The lowest BCUT2D eigenvalue weighted by Crippen LogP contribution is -2.19. The molecule has 6 nitrogen and oxygen atoms in total. The molecule has 0 bridgehead atoms. The van der Waals surface area contributed by atoms with E-state index in [0.29, 0.717) is 12.0 Å². The van der Waals surface area contributed by atoms with Crippen molar-refractivity contribution in [3.63, 3.8) is 0 Å². The molecule has 1 aliphatic carbocycles. The van der Waals surface area contributed by atoms with Crippen molar-refractivity contribution >= 4 is 22.0 Å². The molecule has 0 radical (unpaired) electrons. The first-order valence-electron chi connectivity index (χ1n) is 5.85. The fourth-order valence-electron chi connectivity index (χ4n) is 2.12. The second-order valence-corrected chi connectivity index (χ2v) is 6.06. The highest BCUT2D eigenvalue weighted by Gasteiger charge is 2.24. The molecule has 7 heteroatoms. The molecule has 2 N–H and O–H groups in total. The highest BCUT2D eigenvalue weighted by Crippen LogP contribution is 2.31. The normalized spacial score (nSPS) is 18.2. The quantitative estimate of drug-likeness (QED) is 0.849. The van der Waals surface area contributed by atoms with Crippen LogP contribution in [-0.4, -0.2) is 20.3 Å². The van der Waals surface area contributed by atoms with Gasteiger partial charge in [-0.2, -0.15) is 8.42 Å². The number of carbonyl (C=O) groups excluding carboxylic acids is 2. The summed E-state index contributed by atoms with van der Waals surface area (Å²) < 4.78 is 27.7. The second kappa shape index (κ2) is 5.09. The van der Waals surface area contributed by atoms with Crippen LogP contribution in [0.15, 0.2) is 35.2 Å². The number of hydrogen-bond acceptors (Lipinski definition) is 5. The van der Waals surface area contributed by atoms with Gasteiger partial charge in [0, 0.05) is 12.3 Å². The highest BCUT2D eigenvalue weighted by atomic mass is 32.2. The Balaban J connectivity index is 2.41. The van der Waals surface area contributed by atoms with Gasteiger partial charge in [0.05, 0.1) is 0 Å². The molecule has 1 unspecified atom stereocenters. The van der Waals surface area contributed by atoms with E-state index < -0.39 is 16.2 Å². The Morgan fingerprint density at radius 3 is 2.65 bits per heavy atom. The van der Waals surface area contributed by atoms with E-state index in [9.17, 15) is 18.0 Å². The number of hydrogen-bond donors (Lipinski definition) is 1. The standard InChI is InChI=1S/C13H13NO5S/c1-8-2-5-11(20(17,18)19-13(14)16)7-12(8)9-3-4-10(15)6-9/h2-5,7,9H,6H2,1H3,(H2,14,16). The molecule has 1 atom stereocenters. The van der Waals surface area contributed by atoms with Gasteiger partial charge in [0.15, 0.2) is 5.78 Å². The zero-order valence-corrected chi connectivity index (χ0v) is 11.5. The lowest BCUT2D eigenvalue weighted by molar-refractivity contribution is -0.114. The number of nitrogens with two attached hydrogens (primary N) is 1. The van der Waals surface area contributed by atoms with Gasteiger partial charge in [-0.25, -0.2) is 4.79 Å². The summed E-state index contributed by atoms with van der Waals surface area (Å²) in [6, 6.07) is 4.34. The molecule has 0 aromatic heterocycles. The number of allylic oxidation sites excluding steroid dienone is 2. The lowest BCUT2D eigenvalue weighted by Gasteiger charge is -2.13. The summed E-state index contributed by atoms with van der Waals surface area (Å²) in [5, 5.41) is 0. The fraction of sp³-hybridized carbons (Fsp3) is 0.231. The third-order valence-corrected chi connectivity index (χ3v) is 4.28. The number of rotatable bonds is 3. The number of ketones is 1. The van der Waals surface area contributed by atoms with Crippen LogP contribution in [0.5, 0.6) is 0 Å². The van der Waals surface area contributed by atoms with Crippen molar-refractivity contribution in [2.45, 2.75) is 24.2 Å². The monoisotopic (exact) mass is 295 g/mol. The van der Waals surface area contributed by atoms with Gasteiger partial charge in [-0.3, -0.25) is 4.79 Å². The Kier molecular flexibility index (Phi) is 3.63. The predicted molar refractivity (Wildman–Crippen MR) is 70.5 cm³/mol. The summed E-state index contributed by atoms with van der Waals surface area (Å²) in [6.45, 7) is 1.82. The molecule has 0 aliphatic heterocycles. The molecule has 1 aromatic carbocycles. The zero-order chi connectivity index (χ0) is 14.9. The zero-order valence-electron chi connectivity index (χ0n) is 10.7. The van der Waals surface area contributed by atoms with E-state index in [-0.39, 0.29) is 16.6 Å². The van der Waals surface area contributed by atoms with Crippen molar-refractivity contribution in [1.29, 1.82) is 0 Å². The van der Waals surface area contributed by atoms with Gasteiger partial charge in [0.2, 0.25) is 0 Å².